The first-order valence-electron chi connectivity index (χ1n) is 13.0. The van der Waals surface area contributed by atoms with E-state index in [-0.39, 0.29) is 24.1 Å². The number of ether oxygens (including phenoxy) is 3. The summed E-state index contributed by atoms with van der Waals surface area (Å²) in [5.41, 5.74) is 7.30. The van der Waals surface area contributed by atoms with E-state index in [2.05, 4.69) is 15.4 Å². The van der Waals surface area contributed by atoms with Crippen LogP contribution in [0.25, 0.3) is 0 Å². The molecule has 3 rings (SSSR count). The maximum absolute atomic E-state index is 13.0. The summed E-state index contributed by atoms with van der Waals surface area (Å²) in [5.74, 6) is 0.556. The number of benzene rings is 1. The Kier molecular flexibility index (Phi) is 12.1. The van der Waals surface area contributed by atoms with Gasteiger partial charge in [-0.2, -0.15) is 0 Å². The average Bonchev–Trinajstić information content (AvgIpc) is 3.15. The number of amides is 3. The molecular weight excluding hydrogens is 484 g/mol. The summed E-state index contributed by atoms with van der Waals surface area (Å²) in [5, 5.41) is 6.30. The Morgan fingerprint density at radius 1 is 1.25 bits per heavy atom. The Labute approximate surface area is 219 Å². The van der Waals surface area contributed by atoms with Gasteiger partial charge < -0.3 is 35.5 Å². The molecule has 2 fully saturated rings. The standard InChI is InChI=1S/C26H41ClN4O5/c1-34-26(33)29-10-13-36-24(20-7-4-9-22(27)15-20)21-8-5-11-31(17-21)25(32)30-16-23(28)14-19-6-2-3-12-35-18-19/h4,7,9,15,19,21,23-24H,2-3,5-6,8,10-14,16-18,28H2,1H3,(H,29,33)(H,30,32)/t19-,21-,23+,24+/m1/s1. The SMILES string of the molecule is COC(=O)NCCO[C@@H](c1cccc(Cl)c1)[C@@H]1CCCN(C(=O)NC[C@@H](N)C[C@H]2CCCCOC2)C1. The van der Waals surface area contributed by atoms with Gasteiger partial charge in [-0.15, -0.1) is 0 Å². The van der Waals surface area contributed by atoms with Crippen molar-refractivity contribution in [1.82, 2.24) is 15.5 Å². The number of likely N-dealkylation sites (tertiary alicyclic amines) is 1. The third-order valence-corrected chi connectivity index (χ3v) is 7.10. The summed E-state index contributed by atoms with van der Waals surface area (Å²) in [6, 6.07) is 7.42. The van der Waals surface area contributed by atoms with Gasteiger partial charge in [0.2, 0.25) is 0 Å². The summed E-state index contributed by atoms with van der Waals surface area (Å²) >= 11 is 6.26. The van der Waals surface area contributed by atoms with Crippen molar-refractivity contribution in [2.75, 3.05) is 53.1 Å². The fourth-order valence-electron chi connectivity index (χ4n) is 5.04. The van der Waals surface area contributed by atoms with Crippen molar-refractivity contribution in [1.29, 1.82) is 0 Å². The van der Waals surface area contributed by atoms with Crippen molar-refractivity contribution in [3.05, 3.63) is 34.9 Å². The Hall–Kier alpha value is -2.07. The number of alkyl carbamates (subject to hydrolysis) is 1. The number of piperidine rings is 1. The minimum atomic E-state index is -0.497. The van der Waals surface area contributed by atoms with Crippen molar-refractivity contribution in [3.63, 3.8) is 0 Å². The summed E-state index contributed by atoms with van der Waals surface area (Å²) in [4.78, 5) is 26.2. The van der Waals surface area contributed by atoms with Crippen LogP contribution in [0.4, 0.5) is 9.59 Å². The Balaban J connectivity index is 1.53. The van der Waals surface area contributed by atoms with E-state index in [0.717, 1.165) is 50.9 Å². The fraction of sp³-hybridized carbons (Fsp3) is 0.692. The highest BCUT2D eigenvalue weighted by atomic mass is 35.5. The predicted molar refractivity (Wildman–Crippen MR) is 139 cm³/mol. The van der Waals surface area contributed by atoms with Gasteiger partial charge in [-0.05, 0) is 55.7 Å². The van der Waals surface area contributed by atoms with Crippen molar-refractivity contribution >= 4 is 23.7 Å². The lowest BCUT2D eigenvalue weighted by Gasteiger charge is -2.37. The van der Waals surface area contributed by atoms with Gasteiger partial charge >= 0.3 is 12.1 Å². The van der Waals surface area contributed by atoms with E-state index >= 15 is 0 Å². The number of halogens is 1. The van der Waals surface area contributed by atoms with Crippen LogP contribution in [0, 0.1) is 11.8 Å². The van der Waals surface area contributed by atoms with E-state index in [1.807, 2.05) is 29.2 Å². The van der Waals surface area contributed by atoms with E-state index in [9.17, 15) is 9.59 Å². The van der Waals surface area contributed by atoms with Gasteiger partial charge in [-0.3, -0.25) is 0 Å². The molecule has 4 atom stereocenters. The highest BCUT2D eigenvalue weighted by Crippen LogP contribution is 2.34. The van der Waals surface area contributed by atoms with Crippen molar-refractivity contribution in [2.45, 2.75) is 50.7 Å². The third-order valence-electron chi connectivity index (χ3n) is 6.86. The summed E-state index contributed by atoms with van der Waals surface area (Å²) in [6.07, 6.45) is 5.33. The largest absolute Gasteiger partial charge is 0.453 e. The topological polar surface area (TPSA) is 115 Å². The van der Waals surface area contributed by atoms with Gasteiger partial charge in [-0.25, -0.2) is 9.59 Å². The molecule has 4 N–H and O–H groups in total. The number of nitrogens with zero attached hydrogens (tertiary/aromatic N) is 1. The zero-order chi connectivity index (χ0) is 25.8. The first kappa shape index (κ1) is 28.5. The zero-order valence-corrected chi connectivity index (χ0v) is 22.0. The predicted octanol–water partition coefficient (Wildman–Crippen LogP) is 3.71. The second kappa shape index (κ2) is 15.2. The highest BCUT2D eigenvalue weighted by Gasteiger charge is 2.31. The first-order valence-corrected chi connectivity index (χ1v) is 13.4. The molecule has 2 aliphatic heterocycles. The quantitative estimate of drug-likeness (QED) is 0.402. The number of carbonyl (C=O) groups excluding carboxylic acids is 2. The van der Waals surface area contributed by atoms with Crippen LogP contribution in [-0.4, -0.2) is 76.2 Å². The van der Waals surface area contributed by atoms with Gasteiger partial charge in [0.15, 0.2) is 0 Å². The number of methoxy groups -OCH3 is 1. The maximum atomic E-state index is 13.0. The van der Waals surface area contributed by atoms with Crippen molar-refractivity contribution in [3.8, 4) is 0 Å². The molecule has 36 heavy (non-hydrogen) atoms. The van der Waals surface area contributed by atoms with Crippen LogP contribution in [0.2, 0.25) is 5.02 Å². The van der Waals surface area contributed by atoms with Crippen LogP contribution in [0.15, 0.2) is 24.3 Å². The molecule has 1 aromatic rings. The molecular formula is C26H41ClN4O5. The molecule has 1 aromatic carbocycles. The van der Waals surface area contributed by atoms with E-state index in [1.54, 1.807) is 0 Å². The summed E-state index contributed by atoms with van der Waals surface area (Å²) in [6.45, 7) is 3.94. The Morgan fingerprint density at radius 3 is 2.92 bits per heavy atom. The Morgan fingerprint density at radius 2 is 2.11 bits per heavy atom. The van der Waals surface area contributed by atoms with Crippen LogP contribution in [0.5, 0.6) is 0 Å². The van der Waals surface area contributed by atoms with Crippen molar-refractivity contribution < 1.29 is 23.8 Å². The molecule has 0 saturated carbocycles. The molecule has 2 saturated heterocycles. The summed E-state index contributed by atoms with van der Waals surface area (Å²) < 4.78 is 16.5. The van der Waals surface area contributed by atoms with Crippen LogP contribution < -0.4 is 16.4 Å². The molecule has 0 unspecified atom stereocenters. The van der Waals surface area contributed by atoms with Gasteiger partial charge in [0, 0.05) is 56.4 Å². The van der Waals surface area contributed by atoms with E-state index in [1.165, 1.54) is 13.5 Å². The smallest absolute Gasteiger partial charge is 0.406 e. The molecule has 3 amide bonds. The monoisotopic (exact) mass is 524 g/mol. The number of hydrogen-bond donors (Lipinski definition) is 3. The minimum Gasteiger partial charge on any atom is -0.453 e. The van der Waals surface area contributed by atoms with Crippen molar-refractivity contribution in [2.24, 2.45) is 17.6 Å². The maximum Gasteiger partial charge on any atom is 0.406 e. The van der Waals surface area contributed by atoms with Gasteiger partial charge in [-0.1, -0.05) is 30.2 Å². The second-order valence-electron chi connectivity index (χ2n) is 9.73. The summed E-state index contributed by atoms with van der Waals surface area (Å²) in [7, 11) is 1.32. The van der Waals surface area contributed by atoms with Gasteiger partial charge in [0.1, 0.15) is 0 Å². The number of carbonyl (C=O) groups is 2. The molecule has 0 aromatic heterocycles. The lowest BCUT2D eigenvalue weighted by atomic mass is 9.88. The van der Waals surface area contributed by atoms with Gasteiger partial charge in [0.25, 0.3) is 0 Å². The molecule has 0 aliphatic carbocycles. The molecule has 9 nitrogen and oxygen atoms in total. The number of urea groups is 1. The number of rotatable bonds is 10. The van der Waals surface area contributed by atoms with E-state index in [4.69, 9.17) is 26.8 Å². The van der Waals surface area contributed by atoms with E-state index in [0.29, 0.717) is 43.7 Å². The molecule has 0 bridgehead atoms. The molecule has 2 heterocycles. The molecule has 10 heteroatoms. The van der Waals surface area contributed by atoms with E-state index < -0.39 is 6.09 Å². The number of nitrogens with one attached hydrogen (secondary N) is 2. The lowest BCUT2D eigenvalue weighted by molar-refractivity contribution is -0.00848. The van der Waals surface area contributed by atoms with Gasteiger partial charge in [0.05, 0.1) is 19.8 Å². The fourth-order valence-corrected chi connectivity index (χ4v) is 5.24. The second-order valence-corrected chi connectivity index (χ2v) is 10.2. The van der Waals surface area contributed by atoms with Crippen LogP contribution in [0.3, 0.4) is 0 Å². The van der Waals surface area contributed by atoms with Crippen LogP contribution in [0.1, 0.15) is 50.2 Å². The average molecular weight is 525 g/mol. The lowest BCUT2D eigenvalue weighted by Crippen LogP contribution is -2.49. The van der Waals surface area contributed by atoms with Crippen LogP contribution >= 0.6 is 11.6 Å². The number of hydrogen-bond acceptors (Lipinski definition) is 6. The zero-order valence-electron chi connectivity index (χ0n) is 21.3. The third kappa shape index (κ3) is 9.42. The molecule has 0 radical (unpaired) electrons. The molecule has 2 aliphatic rings. The Bertz CT molecular complexity index is 821. The normalized spacial score (nSPS) is 22.2. The molecule has 202 valence electrons. The minimum absolute atomic E-state index is 0.0916. The first-order chi connectivity index (χ1) is 17.5. The molecule has 0 spiro atoms. The highest BCUT2D eigenvalue weighted by molar-refractivity contribution is 6.30. The number of nitrogens with two attached hydrogens (primary N) is 1. The van der Waals surface area contributed by atoms with Crippen LogP contribution in [-0.2, 0) is 14.2 Å².